The highest BCUT2D eigenvalue weighted by Gasteiger charge is 2.45. The summed E-state index contributed by atoms with van der Waals surface area (Å²) in [5.74, 6) is -0.188. The molecule has 0 radical (unpaired) electrons. The number of Topliss-reactive ketones (excluding diaryl/α,β-unsaturated/α-hetero) is 1. The molecular weight excluding hydrogens is 370 g/mol. The van der Waals surface area contributed by atoms with Gasteiger partial charge >= 0.3 is 0 Å². The van der Waals surface area contributed by atoms with Crippen molar-refractivity contribution >= 4 is 17.4 Å². The summed E-state index contributed by atoms with van der Waals surface area (Å²) in [4.78, 5) is 27.1. The number of likely N-dealkylation sites (tertiary alicyclic amines) is 1. The summed E-state index contributed by atoms with van der Waals surface area (Å²) in [6.07, 6.45) is 0.690. The Hall–Kier alpha value is -3.28. The molecule has 29 heavy (non-hydrogen) atoms. The first-order valence-corrected chi connectivity index (χ1v) is 9.50. The summed E-state index contributed by atoms with van der Waals surface area (Å²) >= 11 is 0. The van der Waals surface area contributed by atoms with Gasteiger partial charge in [-0.1, -0.05) is 19.1 Å². The lowest BCUT2D eigenvalue weighted by molar-refractivity contribution is -0.139. The SMILES string of the molecule is CCCN1C(=O)C(=O)/C(=C(\O)c2ccc(OC)c(C)c2)C1c1cccc(OC)c1. The molecular formula is C23H25NO5. The third kappa shape index (κ3) is 3.70. The molecule has 0 aliphatic carbocycles. The zero-order chi connectivity index (χ0) is 21.1. The molecule has 2 aromatic carbocycles. The maximum absolute atomic E-state index is 12.9. The van der Waals surface area contributed by atoms with Crippen molar-refractivity contribution in [2.24, 2.45) is 0 Å². The predicted octanol–water partition coefficient (Wildman–Crippen LogP) is 3.84. The van der Waals surface area contributed by atoms with Gasteiger partial charge in [-0.25, -0.2) is 0 Å². The average molecular weight is 395 g/mol. The van der Waals surface area contributed by atoms with E-state index >= 15 is 0 Å². The maximum atomic E-state index is 12.9. The molecule has 1 N–H and O–H groups in total. The number of carbonyl (C=O) groups excluding carboxylic acids is 2. The fraction of sp³-hybridized carbons (Fsp3) is 0.304. The van der Waals surface area contributed by atoms with Crippen LogP contribution in [0.4, 0.5) is 0 Å². The Bertz CT molecular complexity index is 979. The first kappa shape index (κ1) is 20.5. The van der Waals surface area contributed by atoms with Gasteiger partial charge in [0.25, 0.3) is 11.7 Å². The second-order valence-corrected chi connectivity index (χ2v) is 6.95. The van der Waals surface area contributed by atoms with Gasteiger partial charge in [0.05, 0.1) is 25.8 Å². The number of rotatable bonds is 6. The van der Waals surface area contributed by atoms with Gasteiger partial charge in [0.1, 0.15) is 17.3 Å². The van der Waals surface area contributed by atoms with Gasteiger partial charge in [0, 0.05) is 12.1 Å². The fourth-order valence-corrected chi connectivity index (χ4v) is 3.69. The molecule has 3 rings (SSSR count). The minimum absolute atomic E-state index is 0.0845. The van der Waals surface area contributed by atoms with E-state index in [1.54, 1.807) is 50.6 Å². The number of hydrogen-bond donors (Lipinski definition) is 1. The molecule has 1 heterocycles. The second kappa shape index (κ2) is 8.39. The van der Waals surface area contributed by atoms with Gasteiger partial charge in [-0.2, -0.15) is 0 Å². The Morgan fingerprint density at radius 2 is 1.86 bits per heavy atom. The molecule has 1 amide bonds. The van der Waals surface area contributed by atoms with Crippen LogP contribution in [-0.4, -0.2) is 42.5 Å². The van der Waals surface area contributed by atoms with Crippen molar-refractivity contribution in [1.29, 1.82) is 0 Å². The third-order valence-electron chi connectivity index (χ3n) is 5.08. The number of aliphatic hydroxyl groups excluding tert-OH is 1. The lowest BCUT2D eigenvalue weighted by Gasteiger charge is -2.25. The molecule has 1 saturated heterocycles. The molecule has 1 unspecified atom stereocenters. The summed E-state index contributed by atoms with van der Waals surface area (Å²) in [6.45, 7) is 4.20. The van der Waals surface area contributed by atoms with Crippen molar-refractivity contribution in [1.82, 2.24) is 4.90 Å². The van der Waals surface area contributed by atoms with Crippen LogP contribution in [0.25, 0.3) is 5.76 Å². The van der Waals surface area contributed by atoms with E-state index in [1.165, 1.54) is 4.90 Å². The van der Waals surface area contributed by atoms with Crippen LogP contribution >= 0.6 is 0 Å². The van der Waals surface area contributed by atoms with Crippen molar-refractivity contribution in [3.63, 3.8) is 0 Å². The normalized spacial score (nSPS) is 18.2. The predicted molar refractivity (Wildman–Crippen MR) is 110 cm³/mol. The molecule has 2 aromatic rings. The Labute approximate surface area is 170 Å². The topological polar surface area (TPSA) is 76.1 Å². The Morgan fingerprint density at radius 1 is 1.10 bits per heavy atom. The van der Waals surface area contributed by atoms with Crippen molar-refractivity contribution < 1.29 is 24.2 Å². The molecule has 0 aromatic heterocycles. The molecule has 6 nitrogen and oxygen atoms in total. The zero-order valence-electron chi connectivity index (χ0n) is 17.1. The molecule has 1 aliphatic heterocycles. The van der Waals surface area contributed by atoms with E-state index in [9.17, 15) is 14.7 Å². The molecule has 0 saturated carbocycles. The van der Waals surface area contributed by atoms with Gasteiger partial charge < -0.3 is 19.5 Å². The maximum Gasteiger partial charge on any atom is 0.295 e. The van der Waals surface area contributed by atoms with E-state index in [4.69, 9.17) is 9.47 Å². The summed E-state index contributed by atoms with van der Waals surface area (Å²) in [6, 6.07) is 11.7. The summed E-state index contributed by atoms with van der Waals surface area (Å²) in [7, 11) is 3.13. The number of amides is 1. The van der Waals surface area contributed by atoms with Crippen molar-refractivity contribution in [3.05, 3.63) is 64.7 Å². The van der Waals surface area contributed by atoms with E-state index in [-0.39, 0.29) is 11.3 Å². The minimum atomic E-state index is -0.683. The fourth-order valence-electron chi connectivity index (χ4n) is 3.69. The molecule has 6 heteroatoms. The van der Waals surface area contributed by atoms with Crippen LogP contribution in [0.3, 0.4) is 0 Å². The quantitative estimate of drug-likeness (QED) is 0.457. The van der Waals surface area contributed by atoms with E-state index < -0.39 is 17.7 Å². The lowest BCUT2D eigenvalue weighted by Crippen LogP contribution is -2.30. The average Bonchev–Trinajstić information content (AvgIpc) is 2.98. The largest absolute Gasteiger partial charge is 0.507 e. The molecule has 1 aliphatic rings. The molecule has 0 spiro atoms. The Kier molecular flexibility index (Phi) is 5.92. The summed E-state index contributed by atoms with van der Waals surface area (Å²) < 4.78 is 10.6. The lowest BCUT2D eigenvalue weighted by atomic mass is 9.94. The molecule has 152 valence electrons. The highest BCUT2D eigenvalue weighted by atomic mass is 16.5. The minimum Gasteiger partial charge on any atom is -0.507 e. The molecule has 1 atom stereocenters. The second-order valence-electron chi connectivity index (χ2n) is 6.95. The van der Waals surface area contributed by atoms with E-state index in [1.807, 2.05) is 19.9 Å². The van der Waals surface area contributed by atoms with Crippen LogP contribution in [0, 0.1) is 6.92 Å². The third-order valence-corrected chi connectivity index (χ3v) is 5.08. The van der Waals surface area contributed by atoms with Crippen LogP contribution in [0.15, 0.2) is 48.0 Å². The zero-order valence-corrected chi connectivity index (χ0v) is 17.1. The van der Waals surface area contributed by atoms with Gasteiger partial charge in [-0.05, 0) is 54.8 Å². The smallest absolute Gasteiger partial charge is 0.295 e. The van der Waals surface area contributed by atoms with Crippen LogP contribution in [0.5, 0.6) is 11.5 Å². The van der Waals surface area contributed by atoms with E-state index in [2.05, 4.69) is 0 Å². The summed E-state index contributed by atoms with van der Waals surface area (Å²) in [5.41, 5.74) is 2.08. The Balaban J connectivity index is 2.19. The van der Waals surface area contributed by atoms with Crippen LogP contribution in [-0.2, 0) is 9.59 Å². The van der Waals surface area contributed by atoms with Gasteiger partial charge in [0.15, 0.2) is 0 Å². The first-order chi connectivity index (χ1) is 13.9. The van der Waals surface area contributed by atoms with Gasteiger partial charge in [0.2, 0.25) is 0 Å². The number of aliphatic hydroxyl groups is 1. The van der Waals surface area contributed by atoms with Crippen molar-refractivity contribution in [2.45, 2.75) is 26.3 Å². The highest BCUT2D eigenvalue weighted by molar-refractivity contribution is 6.46. The highest BCUT2D eigenvalue weighted by Crippen LogP contribution is 2.40. The van der Waals surface area contributed by atoms with E-state index in [0.717, 1.165) is 5.56 Å². The number of ketones is 1. The van der Waals surface area contributed by atoms with Crippen molar-refractivity contribution in [3.8, 4) is 11.5 Å². The number of benzene rings is 2. The number of methoxy groups -OCH3 is 2. The molecule has 1 fully saturated rings. The Morgan fingerprint density at radius 3 is 2.48 bits per heavy atom. The van der Waals surface area contributed by atoms with Crippen molar-refractivity contribution in [2.75, 3.05) is 20.8 Å². The first-order valence-electron chi connectivity index (χ1n) is 9.50. The van der Waals surface area contributed by atoms with Crippen LogP contribution in [0.1, 0.15) is 36.1 Å². The van der Waals surface area contributed by atoms with Gasteiger partial charge in [-0.3, -0.25) is 9.59 Å². The van der Waals surface area contributed by atoms with Crippen LogP contribution in [0.2, 0.25) is 0 Å². The number of nitrogens with zero attached hydrogens (tertiary/aromatic N) is 1. The van der Waals surface area contributed by atoms with E-state index in [0.29, 0.717) is 35.6 Å². The summed E-state index contributed by atoms with van der Waals surface area (Å²) in [5, 5.41) is 11.0. The van der Waals surface area contributed by atoms with Crippen LogP contribution < -0.4 is 9.47 Å². The standard InChI is InChI=1S/C23H25NO5/c1-5-11-24-20(15-7-6-8-17(13-15)28-3)19(22(26)23(24)27)21(25)16-9-10-18(29-4)14(2)12-16/h6-10,12-13,20,25H,5,11H2,1-4H3/b21-19-. The molecule has 0 bridgehead atoms. The number of hydrogen-bond acceptors (Lipinski definition) is 5. The number of ether oxygens (including phenoxy) is 2. The number of aryl methyl sites for hydroxylation is 1. The van der Waals surface area contributed by atoms with Gasteiger partial charge in [-0.15, -0.1) is 0 Å². The monoisotopic (exact) mass is 395 g/mol. The number of carbonyl (C=O) groups is 2.